The van der Waals surface area contributed by atoms with E-state index in [1.165, 1.54) is 17.7 Å². The van der Waals surface area contributed by atoms with E-state index in [1.807, 2.05) is 13.8 Å². The molecular formula is C13H21NO3. The molecule has 2 fully saturated rings. The zero-order chi connectivity index (χ0) is 12.6. The van der Waals surface area contributed by atoms with Gasteiger partial charge in [-0.15, -0.1) is 0 Å². The van der Waals surface area contributed by atoms with Gasteiger partial charge in [0.05, 0.1) is 0 Å². The molecule has 0 saturated heterocycles. The quantitative estimate of drug-likeness (QED) is 0.815. The molecular weight excluding hydrogens is 218 g/mol. The van der Waals surface area contributed by atoms with Crippen molar-refractivity contribution in [1.82, 2.24) is 4.90 Å². The average molecular weight is 239 g/mol. The molecule has 0 aromatic heterocycles. The van der Waals surface area contributed by atoms with E-state index in [0.29, 0.717) is 0 Å². The van der Waals surface area contributed by atoms with Gasteiger partial charge in [-0.3, -0.25) is 9.59 Å². The third kappa shape index (κ3) is 2.31. The summed E-state index contributed by atoms with van der Waals surface area (Å²) in [5.41, 5.74) is 0.253. The van der Waals surface area contributed by atoms with E-state index in [2.05, 4.69) is 0 Å². The van der Waals surface area contributed by atoms with Crippen molar-refractivity contribution in [3.8, 4) is 0 Å². The molecule has 4 heteroatoms. The van der Waals surface area contributed by atoms with Gasteiger partial charge in [-0.2, -0.15) is 0 Å². The molecule has 1 unspecified atom stereocenters. The Bertz CT molecular complexity index is 332. The first-order valence-corrected chi connectivity index (χ1v) is 6.48. The minimum absolute atomic E-state index is 0.0300. The highest BCUT2D eigenvalue weighted by Crippen LogP contribution is 2.63. The highest BCUT2D eigenvalue weighted by Gasteiger charge is 2.59. The summed E-state index contributed by atoms with van der Waals surface area (Å²) in [6, 6.07) is -0.0300. The van der Waals surface area contributed by atoms with Gasteiger partial charge in [-0.1, -0.05) is 12.8 Å². The van der Waals surface area contributed by atoms with Crippen LogP contribution in [0.25, 0.3) is 0 Å². The maximum atomic E-state index is 12.3. The van der Waals surface area contributed by atoms with Crippen LogP contribution in [0.4, 0.5) is 0 Å². The number of carboxylic acid groups (broad SMARTS) is 1. The molecule has 2 aliphatic rings. The molecule has 0 aromatic rings. The zero-order valence-electron chi connectivity index (χ0n) is 10.6. The van der Waals surface area contributed by atoms with Crippen LogP contribution in [0.15, 0.2) is 0 Å². The Morgan fingerprint density at radius 2 is 1.94 bits per heavy atom. The van der Waals surface area contributed by atoms with Gasteiger partial charge in [0.25, 0.3) is 0 Å². The predicted octanol–water partition coefficient (Wildman–Crippen LogP) is 1.89. The van der Waals surface area contributed by atoms with Crippen LogP contribution in [0.1, 0.15) is 46.0 Å². The Morgan fingerprint density at radius 3 is 2.41 bits per heavy atom. The Kier molecular flexibility index (Phi) is 3.15. The van der Waals surface area contributed by atoms with Crippen molar-refractivity contribution < 1.29 is 14.7 Å². The molecule has 1 amide bonds. The van der Waals surface area contributed by atoms with Gasteiger partial charge < -0.3 is 10.0 Å². The summed E-state index contributed by atoms with van der Waals surface area (Å²) in [4.78, 5) is 24.6. The number of nitrogens with zero attached hydrogens (tertiary/aromatic N) is 1. The lowest BCUT2D eigenvalue weighted by Gasteiger charge is -2.26. The van der Waals surface area contributed by atoms with Gasteiger partial charge in [0.15, 0.2) is 0 Å². The van der Waals surface area contributed by atoms with E-state index in [4.69, 9.17) is 5.11 Å². The van der Waals surface area contributed by atoms with E-state index >= 15 is 0 Å². The molecule has 1 atom stereocenters. The maximum Gasteiger partial charge on any atom is 0.323 e. The lowest BCUT2D eigenvalue weighted by atomic mass is 10.0. The summed E-state index contributed by atoms with van der Waals surface area (Å²) in [5, 5.41) is 8.85. The van der Waals surface area contributed by atoms with Gasteiger partial charge in [0, 0.05) is 12.0 Å². The first-order valence-electron chi connectivity index (χ1n) is 6.48. The van der Waals surface area contributed by atoms with Crippen molar-refractivity contribution in [3.63, 3.8) is 0 Å². The molecule has 1 spiro atoms. The second-order valence-electron chi connectivity index (χ2n) is 5.78. The molecule has 0 aromatic carbocycles. The van der Waals surface area contributed by atoms with Crippen LogP contribution in [0.5, 0.6) is 0 Å². The smallest absolute Gasteiger partial charge is 0.323 e. The van der Waals surface area contributed by atoms with Crippen molar-refractivity contribution in [2.24, 2.45) is 11.3 Å². The minimum atomic E-state index is -0.923. The summed E-state index contributed by atoms with van der Waals surface area (Å²) in [5.74, 6) is -0.760. The van der Waals surface area contributed by atoms with Crippen molar-refractivity contribution >= 4 is 11.9 Å². The van der Waals surface area contributed by atoms with Crippen molar-refractivity contribution in [3.05, 3.63) is 0 Å². The summed E-state index contributed by atoms with van der Waals surface area (Å²) >= 11 is 0. The van der Waals surface area contributed by atoms with Crippen LogP contribution < -0.4 is 0 Å². The average Bonchev–Trinajstić information content (AvgIpc) is 2.71. The SMILES string of the molecule is CC(C)N(CC(=O)O)C(=O)C1CC12CCCC2. The number of carboxylic acids is 1. The van der Waals surface area contributed by atoms with Crippen molar-refractivity contribution in [2.75, 3.05) is 6.54 Å². The molecule has 0 aliphatic heterocycles. The third-order valence-corrected chi connectivity index (χ3v) is 4.30. The van der Waals surface area contributed by atoms with Crippen LogP contribution in [-0.2, 0) is 9.59 Å². The molecule has 2 rings (SSSR count). The number of hydrogen-bond acceptors (Lipinski definition) is 2. The first kappa shape index (κ1) is 12.4. The standard InChI is InChI=1S/C13H21NO3/c1-9(2)14(8-11(15)16)12(17)10-7-13(10)5-3-4-6-13/h9-10H,3-8H2,1-2H3,(H,15,16). The molecule has 17 heavy (non-hydrogen) atoms. The highest BCUT2D eigenvalue weighted by atomic mass is 16.4. The monoisotopic (exact) mass is 239 g/mol. The second-order valence-corrected chi connectivity index (χ2v) is 5.78. The minimum Gasteiger partial charge on any atom is -0.480 e. The maximum absolute atomic E-state index is 12.3. The van der Waals surface area contributed by atoms with Gasteiger partial charge in [-0.05, 0) is 38.5 Å². The fourth-order valence-electron chi connectivity index (χ4n) is 3.19. The van der Waals surface area contributed by atoms with Gasteiger partial charge >= 0.3 is 5.97 Å². The van der Waals surface area contributed by atoms with Crippen molar-refractivity contribution in [2.45, 2.75) is 52.0 Å². The number of aliphatic carboxylic acids is 1. The number of hydrogen-bond donors (Lipinski definition) is 1. The second kappa shape index (κ2) is 4.31. The molecule has 96 valence electrons. The molecule has 2 saturated carbocycles. The van der Waals surface area contributed by atoms with E-state index in [9.17, 15) is 9.59 Å². The molecule has 0 bridgehead atoms. The number of amides is 1. The number of rotatable bonds is 4. The highest BCUT2D eigenvalue weighted by molar-refractivity contribution is 5.86. The third-order valence-electron chi connectivity index (χ3n) is 4.30. The Labute approximate surface area is 102 Å². The van der Waals surface area contributed by atoms with Crippen LogP contribution in [0.2, 0.25) is 0 Å². The Morgan fingerprint density at radius 1 is 1.35 bits per heavy atom. The summed E-state index contributed by atoms with van der Waals surface area (Å²) in [6.07, 6.45) is 5.74. The van der Waals surface area contributed by atoms with Gasteiger partial charge in [0.1, 0.15) is 6.54 Å². The summed E-state index contributed by atoms with van der Waals surface area (Å²) < 4.78 is 0. The molecule has 0 heterocycles. The molecule has 4 nitrogen and oxygen atoms in total. The lowest BCUT2D eigenvalue weighted by Crippen LogP contribution is -2.42. The fraction of sp³-hybridized carbons (Fsp3) is 0.846. The lowest BCUT2D eigenvalue weighted by molar-refractivity contribution is -0.146. The molecule has 2 aliphatic carbocycles. The summed E-state index contributed by atoms with van der Waals surface area (Å²) in [7, 11) is 0. The Hall–Kier alpha value is -1.06. The largest absolute Gasteiger partial charge is 0.480 e. The van der Waals surface area contributed by atoms with E-state index in [1.54, 1.807) is 0 Å². The van der Waals surface area contributed by atoms with Crippen LogP contribution in [-0.4, -0.2) is 34.5 Å². The zero-order valence-corrected chi connectivity index (χ0v) is 10.6. The van der Waals surface area contributed by atoms with Crippen LogP contribution in [0, 0.1) is 11.3 Å². The molecule has 1 N–H and O–H groups in total. The number of carbonyl (C=O) groups is 2. The summed E-state index contributed by atoms with van der Waals surface area (Å²) in [6.45, 7) is 3.60. The van der Waals surface area contributed by atoms with Crippen LogP contribution >= 0.6 is 0 Å². The van der Waals surface area contributed by atoms with Gasteiger partial charge in [-0.25, -0.2) is 0 Å². The van der Waals surface area contributed by atoms with Gasteiger partial charge in [0.2, 0.25) is 5.91 Å². The van der Waals surface area contributed by atoms with E-state index in [-0.39, 0.29) is 29.8 Å². The molecule has 0 radical (unpaired) electrons. The first-order chi connectivity index (χ1) is 7.96. The van der Waals surface area contributed by atoms with E-state index < -0.39 is 5.97 Å². The normalized spacial score (nSPS) is 25.2. The number of carbonyl (C=O) groups excluding carboxylic acids is 1. The topological polar surface area (TPSA) is 57.6 Å². The predicted molar refractivity (Wildman–Crippen MR) is 63.5 cm³/mol. The fourth-order valence-corrected chi connectivity index (χ4v) is 3.19. The van der Waals surface area contributed by atoms with Crippen molar-refractivity contribution in [1.29, 1.82) is 0 Å². The van der Waals surface area contributed by atoms with Crippen LogP contribution in [0.3, 0.4) is 0 Å². The van der Waals surface area contributed by atoms with E-state index in [0.717, 1.165) is 19.3 Å². The Balaban J connectivity index is 2.00.